The van der Waals surface area contributed by atoms with E-state index in [0.29, 0.717) is 5.92 Å². The van der Waals surface area contributed by atoms with Gasteiger partial charge in [0.15, 0.2) is 0 Å². The zero-order valence-electron chi connectivity index (χ0n) is 7.46. The lowest BCUT2D eigenvalue weighted by Crippen LogP contribution is -2.08. The fraction of sp³-hybridized carbons (Fsp3) is 0.273. The maximum absolute atomic E-state index is 3.73. The minimum atomic E-state index is 0.519. The Morgan fingerprint density at radius 3 is 2.67 bits per heavy atom. The van der Waals surface area contributed by atoms with Crippen LogP contribution in [0.5, 0.6) is 0 Å². The number of hydrogen-bond acceptors (Lipinski definition) is 1. The Morgan fingerprint density at radius 1 is 1.42 bits per heavy atom. The van der Waals surface area contributed by atoms with Crippen LogP contribution in [0.3, 0.4) is 0 Å². The van der Waals surface area contributed by atoms with Gasteiger partial charge in [-0.2, -0.15) is 0 Å². The van der Waals surface area contributed by atoms with Gasteiger partial charge in [0.1, 0.15) is 0 Å². The highest BCUT2D eigenvalue weighted by molar-refractivity contribution is 5.42. The molecule has 0 heterocycles. The van der Waals surface area contributed by atoms with Crippen molar-refractivity contribution in [2.45, 2.75) is 6.92 Å². The number of nitrogens with one attached hydrogen (secondary N) is 1. The van der Waals surface area contributed by atoms with Gasteiger partial charge in [-0.1, -0.05) is 31.2 Å². The second kappa shape index (κ2) is 4.60. The summed E-state index contributed by atoms with van der Waals surface area (Å²) in [6, 6.07) is 10.2. The molecule has 0 unspecified atom stereocenters. The van der Waals surface area contributed by atoms with Gasteiger partial charge in [0, 0.05) is 12.2 Å². The Morgan fingerprint density at radius 2 is 2.08 bits per heavy atom. The van der Waals surface area contributed by atoms with Crippen LogP contribution in [0.2, 0.25) is 0 Å². The van der Waals surface area contributed by atoms with Crippen LogP contribution in [0, 0.1) is 5.92 Å². The molecule has 64 valence electrons. The van der Waals surface area contributed by atoms with Gasteiger partial charge in [-0.15, -0.1) is 6.58 Å². The van der Waals surface area contributed by atoms with E-state index in [1.807, 2.05) is 24.3 Å². The summed E-state index contributed by atoms with van der Waals surface area (Å²) in [7, 11) is 0. The van der Waals surface area contributed by atoms with Crippen LogP contribution in [0.4, 0.5) is 5.69 Å². The van der Waals surface area contributed by atoms with E-state index < -0.39 is 0 Å². The lowest BCUT2D eigenvalue weighted by Gasteiger charge is -2.08. The average Bonchev–Trinajstić information content (AvgIpc) is 2.16. The van der Waals surface area contributed by atoms with E-state index in [1.165, 1.54) is 5.69 Å². The molecular formula is C11H15N. The fourth-order valence-corrected chi connectivity index (χ4v) is 0.918. The van der Waals surface area contributed by atoms with E-state index in [-0.39, 0.29) is 0 Å². The molecule has 0 spiro atoms. The third kappa shape index (κ3) is 2.79. The minimum absolute atomic E-state index is 0.519. The van der Waals surface area contributed by atoms with Crippen molar-refractivity contribution in [3.05, 3.63) is 43.0 Å². The summed E-state index contributed by atoms with van der Waals surface area (Å²) in [6.07, 6.45) is 1.95. The molecule has 1 aromatic rings. The van der Waals surface area contributed by atoms with Crippen LogP contribution in [0.15, 0.2) is 43.0 Å². The van der Waals surface area contributed by atoms with E-state index in [0.717, 1.165) is 6.54 Å². The third-order valence-corrected chi connectivity index (χ3v) is 1.80. The normalized spacial score (nSPS) is 12.1. The van der Waals surface area contributed by atoms with Crippen molar-refractivity contribution in [1.29, 1.82) is 0 Å². The molecule has 0 aromatic heterocycles. The van der Waals surface area contributed by atoms with Gasteiger partial charge < -0.3 is 5.32 Å². The Balaban J connectivity index is 2.38. The Kier molecular flexibility index (Phi) is 3.39. The molecule has 1 N–H and O–H groups in total. The minimum Gasteiger partial charge on any atom is -0.384 e. The summed E-state index contributed by atoms with van der Waals surface area (Å²) in [5, 5.41) is 3.32. The number of rotatable bonds is 4. The average molecular weight is 161 g/mol. The summed E-state index contributed by atoms with van der Waals surface area (Å²) in [5.74, 6) is 0.519. The highest BCUT2D eigenvalue weighted by atomic mass is 14.9. The molecule has 12 heavy (non-hydrogen) atoms. The van der Waals surface area contributed by atoms with Gasteiger partial charge in [-0.25, -0.2) is 0 Å². The van der Waals surface area contributed by atoms with Gasteiger partial charge >= 0.3 is 0 Å². The van der Waals surface area contributed by atoms with E-state index in [4.69, 9.17) is 0 Å². The second-order valence-corrected chi connectivity index (χ2v) is 2.96. The molecule has 0 saturated carbocycles. The molecule has 0 saturated heterocycles. The van der Waals surface area contributed by atoms with Crippen LogP contribution in [0.1, 0.15) is 6.92 Å². The molecule has 0 amide bonds. The quantitative estimate of drug-likeness (QED) is 0.669. The zero-order valence-corrected chi connectivity index (χ0v) is 7.46. The van der Waals surface area contributed by atoms with Gasteiger partial charge in [0.25, 0.3) is 0 Å². The van der Waals surface area contributed by atoms with Crippen molar-refractivity contribution in [3.8, 4) is 0 Å². The van der Waals surface area contributed by atoms with Crippen molar-refractivity contribution in [3.63, 3.8) is 0 Å². The Labute approximate surface area is 74.1 Å². The highest BCUT2D eigenvalue weighted by Gasteiger charge is 1.94. The maximum Gasteiger partial charge on any atom is 0.0340 e. The lowest BCUT2D eigenvalue weighted by molar-refractivity contribution is 0.773. The van der Waals surface area contributed by atoms with Crippen molar-refractivity contribution in [2.75, 3.05) is 11.9 Å². The summed E-state index contributed by atoms with van der Waals surface area (Å²) in [6.45, 7) is 6.83. The first-order chi connectivity index (χ1) is 5.83. The summed E-state index contributed by atoms with van der Waals surface area (Å²) < 4.78 is 0. The third-order valence-electron chi connectivity index (χ3n) is 1.80. The SMILES string of the molecule is C=C[C@@H](C)CNc1ccccc1. The van der Waals surface area contributed by atoms with Crippen LogP contribution < -0.4 is 5.32 Å². The predicted molar refractivity (Wildman–Crippen MR) is 54.3 cm³/mol. The van der Waals surface area contributed by atoms with Crippen molar-refractivity contribution in [1.82, 2.24) is 0 Å². The molecule has 0 bridgehead atoms. The summed E-state index contributed by atoms with van der Waals surface area (Å²) >= 11 is 0. The van der Waals surface area contributed by atoms with Crippen LogP contribution >= 0.6 is 0 Å². The van der Waals surface area contributed by atoms with Gasteiger partial charge in [-0.05, 0) is 18.1 Å². The second-order valence-electron chi connectivity index (χ2n) is 2.96. The van der Waals surface area contributed by atoms with Crippen molar-refractivity contribution >= 4 is 5.69 Å². The van der Waals surface area contributed by atoms with E-state index >= 15 is 0 Å². The molecule has 1 atom stereocenters. The first-order valence-electron chi connectivity index (χ1n) is 4.24. The molecule has 0 aliphatic heterocycles. The molecule has 0 aliphatic carbocycles. The van der Waals surface area contributed by atoms with Crippen molar-refractivity contribution < 1.29 is 0 Å². The van der Waals surface area contributed by atoms with Gasteiger partial charge in [0.05, 0.1) is 0 Å². The van der Waals surface area contributed by atoms with E-state index in [9.17, 15) is 0 Å². The molecule has 1 aromatic carbocycles. The monoisotopic (exact) mass is 161 g/mol. The maximum atomic E-state index is 3.73. The molecule has 0 radical (unpaired) electrons. The molecule has 0 fully saturated rings. The number of hydrogen-bond donors (Lipinski definition) is 1. The lowest BCUT2D eigenvalue weighted by atomic mass is 10.2. The molecule has 0 aliphatic rings. The Bertz CT molecular complexity index is 228. The largest absolute Gasteiger partial charge is 0.384 e. The predicted octanol–water partition coefficient (Wildman–Crippen LogP) is 2.92. The number of benzene rings is 1. The molecule has 1 heteroatoms. The number of anilines is 1. The number of para-hydroxylation sites is 1. The zero-order chi connectivity index (χ0) is 8.81. The van der Waals surface area contributed by atoms with Crippen molar-refractivity contribution in [2.24, 2.45) is 5.92 Å². The Hall–Kier alpha value is -1.24. The van der Waals surface area contributed by atoms with Crippen LogP contribution in [-0.4, -0.2) is 6.54 Å². The molecule has 1 nitrogen and oxygen atoms in total. The molecule has 1 rings (SSSR count). The van der Waals surface area contributed by atoms with Crippen LogP contribution in [-0.2, 0) is 0 Å². The summed E-state index contributed by atoms with van der Waals surface area (Å²) in [4.78, 5) is 0. The standard InChI is InChI=1S/C11H15N/c1-3-10(2)9-12-11-7-5-4-6-8-11/h3-8,10,12H,1,9H2,2H3/t10-/m1/s1. The summed E-state index contributed by atoms with van der Waals surface area (Å²) in [5.41, 5.74) is 1.17. The fourth-order valence-electron chi connectivity index (χ4n) is 0.918. The molecular weight excluding hydrogens is 146 g/mol. The smallest absolute Gasteiger partial charge is 0.0340 e. The van der Waals surface area contributed by atoms with E-state index in [2.05, 4.69) is 31.0 Å². The first kappa shape index (κ1) is 8.85. The highest BCUT2D eigenvalue weighted by Crippen LogP contribution is 2.06. The van der Waals surface area contributed by atoms with Crippen LogP contribution in [0.25, 0.3) is 0 Å². The van der Waals surface area contributed by atoms with E-state index in [1.54, 1.807) is 0 Å². The topological polar surface area (TPSA) is 12.0 Å². The van der Waals surface area contributed by atoms with Gasteiger partial charge in [0.2, 0.25) is 0 Å². The van der Waals surface area contributed by atoms with Gasteiger partial charge in [-0.3, -0.25) is 0 Å². The first-order valence-corrected chi connectivity index (χ1v) is 4.24.